The molecule has 3 rings (SSSR count). The lowest BCUT2D eigenvalue weighted by atomic mass is 9.77. The molecule has 126 valence electrons. The summed E-state index contributed by atoms with van der Waals surface area (Å²) in [5.74, 6) is 0.858. The van der Waals surface area contributed by atoms with Crippen molar-refractivity contribution in [1.82, 2.24) is 4.98 Å². The van der Waals surface area contributed by atoms with Crippen LogP contribution < -0.4 is 15.0 Å². The number of fused-ring (bicyclic) bond motifs is 1. The van der Waals surface area contributed by atoms with Gasteiger partial charge in [-0.1, -0.05) is 0 Å². The highest BCUT2D eigenvalue weighted by Gasteiger charge is 2.54. The second kappa shape index (κ2) is 5.49. The van der Waals surface area contributed by atoms with E-state index < -0.39 is 17.3 Å². The zero-order chi connectivity index (χ0) is 17.5. The molecule has 2 unspecified atom stereocenters. The number of nitrogens with one attached hydrogen (secondary N) is 1. The fourth-order valence-corrected chi connectivity index (χ4v) is 2.75. The van der Waals surface area contributed by atoms with Crippen LogP contribution in [0.5, 0.6) is 11.5 Å². The first-order chi connectivity index (χ1) is 11.2. The van der Waals surface area contributed by atoms with Crippen molar-refractivity contribution in [3.63, 3.8) is 0 Å². The number of rotatable bonds is 3. The predicted octanol–water partition coefficient (Wildman–Crippen LogP) is 2.23. The zero-order valence-corrected chi connectivity index (χ0v) is 13.7. The van der Waals surface area contributed by atoms with Gasteiger partial charge in [0.15, 0.2) is 6.10 Å². The third kappa shape index (κ3) is 2.59. The lowest BCUT2D eigenvalue weighted by Crippen LogP contribution is -2.59. The molecule has 2 N–H and O–H groups in total. The van der Waals surface area contributed by atoms with Gasteiger partial charge in [0.05, 0.1) is 0 Å². The van der Waals surface area contributed by atoms with Crippen molar-refractivity contribution in [2.24, 2.45) is 0 Å². The van der Waals surface area contributed by atoms with Gasteiger partial charge in [0.25, 0.3) is 5.56 Å². The molecule has 6 nitrogen and oxygen atoms in total. The van der Waals surface area contributed by atoms with Crippen molar-refractivity contribution in [3.05, 3.63) is 58.0 Å². The van der Waals surface area contributed by atoms with Crippen LogP contribution in [0.25, 0.3) is 0 Å². The van der Waals surface area contributed by atoms with Crippen LogP contribution in [0.3, 0.4) is 0 Å². The largest absolute Gasteiger partial charge is 0.484 e. The summed E-state index contributed by atoms with van der Waals surface area (Å²) in [6, 6.07) is 7.87. The van der Waals surface area contributed by atoms with Gasteiger partial charge in [-0.2, -0.15) is 0 Å². The molecular weight excluding hydrogens is 310 g/mol. The quantitative estimate of drug-likeness (QED) is 0.843. The van der Waals surface area contributed by atoms with E-state index in [1.165, 1.54) is 12.3 Å². The molecule has 6 heteroatoms. The van der Waals surface area contributed by atoms with Gasteiger partial charge in [-0.15, -0.1) is 0 Å². The Balaban J connectivity index is 2.13. The highest BCUT2D eigenvalue weighted by Crippen LogP contribution is 2.48. The molecule has 2 atom stereocenters. The average molecular weight is 329 g/mol. The normalized spacial score (nSPS) is 24.6. The Hall–Kier alpha value is -2.60. The van der Waals surface area contributed by atoms with Gasteiger partial charge in [-0.05, 0) is 45.0 Å². The topological polar surface area (TPSA) is 88.6 Å². The number of hydrogen-bond acceptors (Lipinski definition) is 5. The third-order valence-corrected chi connectivity index (χ3v) is 4.55. The summed E-state index contributed by atoms with van der Waals surface area (Å²) in [7, 11) is 0. The summed E-state index contributed by atoms with van der Waals surface area (Å²) in [5.41, 5.74) is -1.63. The number of carbonyl (C=O) groups is 1. The predicted molar refractivity (Wildman–Crippen MR) is 87.6 cm³/mol. The van der Waals surface area contributed by atoms with Crippen molar-refractivity contribution in [2.45, 2.75) is 38.1 Å². The molecule has 1 aliphatic heterocycles. The second-order valence-corrected chi connectivity index (χ2v) is 6.56. The molecule has 1 aliphatic rings. The van der Waals surface area contributed by atoms with E-state index in [1.807, 2.05) is 0 Å². The SMILES string of the molecule is CC1(C)Oc2ccc(C=O)cc2C(Oc2cc[nH]c(=O)c2)C1(C)O. The lowest BCUT2D eigenvalue weighted by Gasteiger charge is -2.49. The maximum absolute atomic E-state index is 11.5. The van der Waals surface area contributed by atoms with E-state index >= 15 is 0 Å². The summed E-state index contributed by atoms with van der Waals surface area (Å²) < 4.78 is 11.9. The van der Waals surface area contributed by atoms with Crippen molar-refractivity contribution in [1.29, 1.82) is 0 Å². The minimum absolute atomic E-state index is 0.305. The molecule has 0 fully saturated rings. The van der Waals surface area contributed by atoms with Crippen LogP contribution in [0.4, 0.5) is 0 Å². The number of carbonyl (C=O) groups excluding carboxylic acids is 1. The summed E-state index contributed by atoms with van der Waals surface area (Å²) in [6.07, 6.45) is 1.39. The van der Waals surface area contributed by atoms with E-state index in [0.29, 0.717) is 22.6 Å². The number of aromatic amines is 1. The van der Waals surface area contributed by atoms with E-state index in [2.05, 4.69) is 4.98 Å². The molecule has 0 bridgehead atoms. The molecule has 24 heavy (non-hydrogen) atoms. The number of ether oxygens (including phenoxy) is 2. The summed E-state index contributed by atoms with van der Waals surface area (Å²) in [4.78, 5) is 25.1. The molecule has 0 aliphatic carbocycles. The van der Waals surface area contributed by atoms with Crippen molar-refractivity contribution in [3.8, 4) is 11.5 Å². The van der Waals surface area contributed by atoms with Crippen LogP contribution in [0, 0.1) is 0 Å². The minimum Gasteiger partial charge on any atom is -0.484 e. The fraction of sp³-hybridized carbons (Fsp3) is 0.333. The Labute approximate surface area is 139 Å². The van der Waals surface area contributed by atoms with Crippen LogP contribution in [0.2, 0.25) is 0 Å². The van der Waals surface area contributed by atoms with Crippen LogP contribution in [-0.4, -0.2) is 27.6 Å². The Kier molecular flexibility index (Phi) is 3.72. The van der Waals surface area contributed by atoms with Gasteiger partial charge < -0.3 is 19.6 Å². The lowest BCUT2D eigenvalue weighted by molar-refractivity contribution is -0.174. The number of aromatic nitrogens is 1. The summed E-state index contributed by atoms with van der Waals surface area (Å²) >= 11 is 0. The molecule has 0 saturated carbocycles. The Morgan fingerprint density at radius 1 is 1.25 bits per heavy atom. The number of H-pyrrole nitrogens is 1. The second-order valence-electron chi connectivity index (χ2n) is 6.56. The first kappa shape index (κ1) is 16.3. The highest BCUT2D eigenvalue weighted by atomic mass is 16.5. The average Bonchev–Trinajstić information content (AvgIpc) is 2.51. The van der Waals surface area contributed by atoms with Gasteiger partial charge in [0, 0.05) is 23.4 Å². The Bertz CT molecular complexity index is 837. The van der Waals surface area contributed by atoms with Crippen LogP contribution >= 0.6 is 0 Å². The van der Waals surface area contributed by atoms with E-state index in [1.54, 1.807) is 45.0 Å². The Morgan fingerprint density at radius 3 is 2.67 bits per heavy atom. The molecule has 2 aromatic rings. The first-order valence-electron chi connectivity index (χ1n) is 7.60. The minimum atomic E-state index is -1.40. The Morgan fingerprint density at radius 2 is 2.00 bits per heavy atom. The molecule has 1 aromatic carbocycles. The number of hydrogen-bond donors (Lipinski definition) is 2. The number of pyridine rings is 1. The molecule has 0 saturated heterocycles. The monoisotopic (exact) mass is 329 g/mol. The molecular formula is C18H19NO5. The standard InChI is InChI=1S/C18H19NO5/c1-17(2)18(3,22)16(23-12-6-7-19-15(21)9-12)13-8-11(10-20)4-5-14(13)24-17/h4-10,16,22H,1-3H3,(H,19,21). The van der Waals surface area contributed by atoms with Crippen LogP contribution in [-0.2, 0) is 0 Å². The maximum Gasteiger partial charge on any atom is 0.251 e. The van der Waals surface area contributed by atoms with Crippen LogP contribution in [0.1, 0.15) is 42.8 Å². The highest BCUT2D eigenvalue weighted by molar-refractivity contribution is 5.76. The smallest absolute Gasteiger partial charge is 0.251 e. The van der Waals surface area contributed by atoms with E-state index in [9.17, 15) is 14.7 Å². The van der Waals surface area contributed by atoms with Gasteiger partial charge in [0.2, 0.25) is 0 Å². The molecule has 0 spiro atoms. The van der Waals surface area contributed by atoms with Crippen molar-refractivity contribution in [2.75, 3.05) is 0 Å². The third-order valence-electron chi connectivity index (χ3n) is 4.55. The number of aldehydes is 1. The van der Waals surface area contributed by atoms with Crippen molar-refractivity contribution >= 4 is 6.29 Å². The molecule has 1 aromatic heterocycles. The fourth-order valence-electron chi connectivity index (χ4n) is 2.75. The first-order valence-corrected chi connectivity index (χ1v) is 7.60. The number of benzene rings is 1. The molecule has 0 radical (unpaired) electrons. The van der Waals surface area contributed by atoms with E-state index in [0.717, 1.165) is 6.29 Å². The van der Waals surface area contributed by atoms with Crippen molar-refractivity contribution < 1.29 is 19.4 Å². The summed E-state index contributed by atoms with van der Waals surface area (Å²) in [6.45, 7) is 5.14. The van der Waals surface area contributed by atoms with E-state index in [-0.39, 0.29) is 5.56 Å². The van der Waals surface area contributed by atoms with Gasteiger partial charge in [-0.25, -0.2) is 0 Å². The number of aliphatic hydroxyl groups is 1. The summed E-state index contributed by atoms with van der Waals surface area (Å²) in [5, 5.41) is 11.1. The zero-order valence-electron chi connectivity index (χ0n) is 13.7. The van der Waals surface area contributed by atoms with Gasteiger partial charge in [0.1, 0.15) is 29.0 Å². The van der Waals surface area contributed by atoms with Gasteiger partial charge in [-0.3, -0.25) is 9.59 Å². The van der Waals surface area contributed by atoms with E-state index in [4.69, 9.17) is 9.47 Å². The molecule has 2 heterocycles. The van der Waals surface area contributed by atoms with Gasteiger partial charge >= 0.3 is 0 Å². The maximum atomic E-state index is 11.5. The molecule has 0 amide bonds. The van der Waals surface area contributed by atoms with Crippen LogP contribution in [0.15, 0.2) is 41.3 Å².